The first-order chi connectivity index (χ1) is 16.4. The molecule has 1 saturated carbocycles. The van der Waals surface area contributed by atoms with Gasteiger partial charge in [0.2, 0.25) is 5.91 Å². The molecule has 1 amide bonds. The fourth-order valence-corrected chi connectivity index (χ4v) is 5.59. The minimum absolute atomic E-state index is 0.00646. The Hall–Kier alpha value is -2.02. The van der Waals surface area contributed by atoms with Crippen LogP contribution in [0.3, 0.4) is 0 Å². The number of alkyl halides is 2. The number of aryl methyl sites for hydroxylation is 1. The van der Waals surface area contributed by atoms with Crippen molar-refractivity contribution in [3.05, 3.63) is 91.7 Å². The van der Waals surface area contributed by atoms with Crippen LogP contribution in [0.15, 0.2) is 48.5 Å². The van der Waals surface area contributed by atoms with Gasteiger partial charge in [-0.25, -0.2) is 4.39 Å². The van der Waals surface area contributed by atoms with Gasteiger partial charge in [0.15, 0.2) is 5.78 Å². The van der Waals surface area contributed by atoms with Crippen LogP contribution in [0, 0.1) is 18.7 Å². The summed E-state index contributed by atoms with van der Waals surface area (Å²) in [6.07, 6.45) is -0.250. The lowest BCUT2D eigenvalue weighted by atomic mass is 10.00. The lowest BCUT2D eigenvalue weighted by Crippen LogP contribution is -2.17. The van der Waals surface area contributed by atoms with Gasteiger partial charge in [-0.05, 0) is 60.0 Å². The fraction of sp³-hybridized carbons (Fsp3) is 0.200. The number of nitrogen functional groups attached to an aromatic ring is 1. The number of hydrogen-bond acceptors (Lipinski definition) is 3. The first-order valence-corrected chi connectivity index (χ1v) is 12.3. The first-order valence-electron chi connectivity index (χ1n) is 10.4. The quantitative estimate of drug-likeness (QED) is 0.181. The van der Waals surface area contributed by atoms with Gasteiger partial charge in [-0.1, -0.05) is 46.9 Å². The third-order valence-electron chi connectivity index (χ3n) is 5.94. The third kappa shape index (κ3) is 5.25. The van der Waals surface area contributed by atoms with Gasteiger partial charge in [-0.3, -0.25) is 9.59 Å². The molecule has 0 spiro atoms. The number of Topliss-reactive ketones (excluding diaryl/α,β-unsaturated/α-hetero) is 1. The van der Waals surface area contributed by atoms with Crippen LogP contribution in [-0.4, -0.2) is 16.0 Å². The van der Waals surface area contributed by atoms with Gasteiger partial charge in [-0.15, -0.1) is 23.2 Å². The molecule has 0 saturated heterocycles. The molecule has 1 aliphatic carbocycles. The van der Waals surface area contributed by atoms with Gasteiger partial charge in [0.05, 0.1) is 16.6 Å². The smallest absolute Gasteiger partial charge is 0.231 e. The van der Waals surface area contributed by atoms with E-state index in [1.807, 2.05) is 0 Å². The van der Waals surface area contributed by atoms with Gasteiger partial charge in [0, 0.05) is 33.6 Å². The Morgan fingerprint density at radius 3 is 2.34 bits per heavy atom. The Balaban J connectivity index is 1.52. The maximum Gasteiger partial charge on any atom is 0.231 e. The van der Waals surface area contributed by atoms with E-state index in [0.717, 1.165) is 0 Å². The van der Waals surface area contributed by atoms with E-state index < -0.39 is 33.7 Å². The molecular weight excluding hydrogens is 557 g/mol. The maximum absolute atomic E-state index is 14.5. The second kappa shape index (κ2) is 9.79. The number of ketones is 1. The van der Waals surface area contributed by atoms with Gasteiger partial charge < -0.3 is 11.1 Å². The van der Waals surface area contributed by atoms with Crippen LogP contribution in [0.2, 0.25) is 15.1 Å². The molecule has 0 bridgehead atoms. The Labute approximate surface area is 226 Å². The predicted molar refractivity (Wildman–Crippen MR) is 141 cm³/mol. The summed E-state index contributed by atoms with van der Waals surface area (Å²) in [7, 11) is 0. The van der Waals surface area contributed by atoms with E-state index in [0.29, 0.717) is 26.9 Å². The summed E-state index contributed by atoms with van der Waals surface area (Å²) in [4.78, 5) is 25.9. The predicted octanol–water partition coefficient (Wildman–Crippen LogP) is 7.63. The van der Waals surface area contributed by atoms with Crippen LogP contribution < -0.4 is 11.1 Å². The number of nitrogens with one attached hydrogen (secondary N) is 1. The van der Waals surface area contributed by atoms with Crippen molar-refractivity contribution in [2.45, 2.75) is 23.6 Å². The van der Waals surface area contributed by atoms with Gasteiger partial charge in [0.1, 0.15) is 10.2 Å². The number of halogens is 6. The molecule has 0 radical (unpaired) electrons. The summed E-state index contributed by atoms with van der Waals surface area (Å²) in [6, 6.07) is 12.5. The summed E-state index contributed by atoms with van der Waals surface area (Å²) >= 11 is 31.2. The Morgan fingerprint density at radius 2 is 1.69 bits per heavy atom. The summed E-state index contributed by atoms with van der Waals surface area (Å²) in [5.41, 5.74) is 7.53. The largest absolute Gasteiger partial charge is 0.396 e. The SMILES string of the molecule is Cc1ccc(CC(=O)c2cc(NC(=O)C3C(c4cc(Cl)cc(Cl)c4)C3(Cl)Cl)ccc2Cl)c(F)c1N. The van der Waals surface area contributed by atoms with Crippen molar-refractivity contribution in [3.63, 3.8) is 0 Å². The number of rotatable bonds is 6. The number of amides is 1. The van der Waals surface area contributed by atoms with Crippen molar-refractivity contribution in [1.29, 1.82) is 0 Å². The lowest BCUT2D eigenvalue weighted by molar-refractivity contribution is -0.117. The molecule has 1 fully saturated rings. The zero-order valence-electron chi connectivity index (χ0n) is 18.1. The number of carbonyl (C=O) groups is 2. The zero-order valence-corrected chi connectivity index (χ0v) is 21.9. The van der Waals surface area contributed by atoms with E-state index in [9.17, 15) is 14.0 Å². The molecule has 3 N–H and O–H groups in total. The molecule has 2 atom stereocenters. The molecule has 2 unspecified atom stereocenters. The van der Waals surface area contributed by atoms with E-state index in [1.54, 1.807) is 37.3 Å². The molecule has 35 heavy (non-hydrogen) atoms. The minimum atomic E-state index is -1.36. The Morgan fingerprint density at radius 1 is 1.03 bits per heavy atom. The standard InChI is InChI=1S/C25H18Cl5FN2O2/c1-11-2-3-12(22(31)23(11)32)8-19(34)17-10-16(4-5-18(17)28)33-24(35)21-20(25(21,29)30)13-6-14(26)9-15(27)7-13/h2-7,9-10,20-21H,8,32H2,1H3,(H,33,35). The van der Waals surface area contributed by atoms with E-state index in [2.05, 4.69) is 5.32 Å². The number of benzene rings is 3. The van der Waals surface area contributed by atoms with Crippen molar-refractivity contribution in [3.8, 4) is 0 Å². The molecule has 0 heterocycles. The highest BCUT2D eigenvalue weighted by Gasteiger charge is 2.67. The van der Waals surface area contributed by atoms with Crippen LogP contribution in [0.4, 0.5) is 15.8 Å². The van der Waals surface area contributed by atoms with E-state index in [4.69, 9.17) is 63.7 Å². The summed E-state index contributed by atoms with van der Waals surface area (Å²) in [5, 5.41) is 3.68. The van der Waals surface area contributed by atoms with Crippen LogP contribution in [0.5, 0.6) is 0 Å². The number of hydrogen-bond donors (Lipinski definition) is 2. The Bertz CT molecular complexity index is 1340. The molecule has 3 aromatic rings. The van der Waals surface area contributed by atoms with E-state index in [1.165, 1.54) is 18.2 Å². The van der Waals surface area contributed by atoms with E-state index in [-0.39, 0.29) is 28.3 Å². The zero-order chi connectivity index (χ0) is 25.7. The molecule has 10 heteroatoms. The first kappa shape index (κ1) is 26.1. The van der Waals surface area contributed by atoms with Crippen LogP contribution in [0.1, 0.15) is 33.0 Å². The highest BCUT2D eigenvalue weighted by atomic mass is 35.5. The van der Waals surface area contributed by atoms with Gasteiger partial charge in [0.25, 0.3) is 0 Å². The topological polar surface area (TPSA) is 72.2 Å². The molecule has 4 rings (SSSR count). The number of carbonyl (C=O) groups excluding carboxylic acids is 2. The fourth-order valence-electron chi connectivity index (χ4n) is 4.00. The molecule has 4 nitrogen and oxygen atoms in total. The minimum Gasteiger partial charge on any atom is -0.396 e. The maximum atomic E-state index is 14.5. The monoisotopic (exact) mass is 572 g/mol. The molecule has 3 aromatic carbocycles. The van der Waals surface area contributed by atoms with E-state index >= 15 is 0 Å². The normalized spacial score (nSPS) is 18.3. The molecule has 0 aliphatic heterocycles. The Kier molecular flexibility index (Phi) is 7.29. The second-order valence-electron chi connectivity index (χ2n) is 8.39. The lowest BCUT2D eigenvalue weighted by Gasteiger charge is -2.11. The highest BCUT2D eigenvalue weighted by Crippen LogP contribution is 2.65. The molecule has 182 valence electrons. The van der Waals surface area contributed by atoms with Gasteiger partial charge >= 0.3 is 0 Å². The highest BCUT2D eigenvalue weighted by molar-refractivity contribution is 6.53. The average Bonchev–Trinajstić information content (AvgIpc) is 3.36. The number of nitrogens with two attached hydrogens (primary N) is 1. The molecule has 0 aromatic heterocycles. The van der Waals surface area contributed by atoms with Gasteiger partial charge in [-0.2, -0.15) is 0 Å². The van der Waals surface area contributed by atoms with Crippen molar-refractivity contribution in [2.75, 3.05) is 11.1 Å². The van der Waals surface area contributed by atoms with Crippen molar-refractivity contribution in [1.82, 2.24) is 0 Å². The van der Waals surface area contributed by atoms with Crippen LogP contribution in [0.25, 0.3) is 0 Å². The van der Waals surface area contributed by atoms with Crippen molar-refractivity contribution in [2.24, 2.45) is 5.92 Å². The molecular formula is C25H18Cl5FN2O2. The summed E-state index contributed by atoms with van der Waals surface area (Å²) in [6.45, 7) is 1.68. The van der Waals surface area contributed by atoms with Crippen LogP contribution in [-0.2, 0) is 11.2 Å². The summed E-state index contributed by atoms with van der Waals surface area (Å²) < 4.78 is 13.1. The second-order valence-corrected chi connectivity index (χ2v) is 11.1. The van der Waals surface area contributed by atoms with Crippen LogP contribution >= 0.6 is 58.0 Å². The number of anilines is 2. The summed E-state index contributed by atoms with van der Waals surface area (Å²) in [5.74, 6) is -2.82. The van der Waals surface area contributed by atoms with Crippen molar-refractivity contribution >= 4 is 81.1 Å². The molecule has 1 aliphatic rings. The van der Waals surface area contributed by atoms with Crippen molar-refractivity contribution < 1.29 is 14.0 Å². The third-order valence-corrected chi connectivity index (χ3v) is 7.65. The average molecular weight is 575 g/mol.